The van der Waals surface area contributed by atoms with Gasteiger partial charge < -0.3 is 5.73 Å². The van der Waals surface area contributed by atoms with Crippen molar-refractivity contribution in [2.45, 2.75) is 18.4 Å². The van der Waals surface area contributed by atoms with E-state index in [1.165, 1.54) is 13.0 Å². The minimum absolute atomic E-state index is 0.0637. The average Bonchev–Trinajstić information content (AvgIpc) is 2.78. The third-order valence-corrected chi connectivity index (χ3v) is 4.41. The van der Waals surface area contributed by atoms with Gasteiger partial charge in [-0.25, -0.2) is 17.5 Å². The third kappa shape index (κ3) is 2.81. The Balaban J connectivity index is 2.25. The molecule has 20 heavy (non-hydrogen) atoms. The van der Waals surface area contributed by atoms with Crippen LogP contribution in [0.15, 0.2) is 29.3 Å². The van der Waals surface area contributed by atoms with Gasteiger partial charge in [-0.15, -0.1) is 0 Å². The van der Waals surface area contributed by atoms with E-state index in [9.17, 15) is 12.8 Å². The molecule has 0 spiro atoms. The summed E-state index contributed by atoms with van der Waals surface area (Å²) in [7, 11) is -2.12. The van der Waals surface area contributed by atoms with Gasteiger partial charge in [0.15, 0.2) is 0 Å². The molecule has 108 valence electrons. The molecule has 0 amide bonds. The summed E-state index contributed by atoms with van der Waals surface area (Å²) in [6.07, 6.45) is 1.56. The van der Waals surface area contributed by atoms with E-state index in [0.29, 0.717) is 5.69 Å². The molecule has 0 radical (unpaired) electrons. The van der Waals surface area contributed by atoms with Crippen molar-refractivity contribution < 1.29 is 12.8 Å². The highest BCUT2D eigenvalue weighted by Gasteiger charge is 2.17. The van der Waals surface area contributed by atoms with E-state index in [1.54, 1.807) is 24.0 Å². The molecule has 0 aliphatic heterocycles. The normalized spacial score (nSPS) is 11.8. The van der Waals surface area contributed by atoms with Crippen molar-refractivity contribution >= 4 is 15.7 Å². The molecule has 0 aliphatic rings. The van der Waals surface area contributed by atoms with Crippen molar-refractivity contribution in [1.29, 1.82) is 0 Å². The van der Waals surface area contributed by atoms with Gasteiger partial charge in [-0.3, -0.25) is 4.68 Å². The van der Waals surface area contributed by atoms with Crippen LogP contribution in [-0.2, 0) is 23.6 Å². The van der Waals surface area contributed by atoms with Gasteiger partial charge in [0.1, 0.15) is 5.82 Å². The van der Waals surface area contributed by atoms with Crippen LogP contribution < -0.4 is 10.5 Å². The van der Waals surface area contributed by atoms with Gasteiger partial charge in [0.05, 0.1) is 17.1 Å². The van der Waals surface area contributed by atoms with E-state index in [-0.39, 0.29) is 22.7 Å². The monoisotopic (exact) mass is 298 g/mol. The van der Waals surface area contributed by atoms with Gasteiger partial charge in [-0.1, -0.05) is 0 Å². The van der Waals surface area contributed by atoms with Gasteiger partial charge >= 0.3 is 0 Å². The number of hydrogen-bond donors (Lipinski definition) is 2. The fourth-order valence-corrected chi connectivity index (χ4v) is 2.70. The highest BCUT2D eigenvalue weighted by atomic mass is 32.2. The van der Waals surface area contributed by atoms with Crippen LogP contribution in [0.4, 0.5) is 10.1 Å². The summed E-state index contributed by atoms with van der Waals surface area (Å²) in [6.45, 7) is 1.55. The molecule has 1 aromatic carbocycles. The zero-order chi connectivity index (χ0) is 14.9. The molecular formula is C12H15FN4O2S. The second-order valence-electron chi connectivity index (χ2n) is 4.39. The van der Waals surface area contributed by atoms with Gasteiger partial charge in [0.2, 0.25) is 10.0 Å². The van der Waals surface area contributed by atoms with Crippen molar-refractivity contribution in [1.82, 2.24) is 14.5 Å². The molecule has 0 unspecified atom stereocenters. The topological polar surface area (TPSA) is 90.0 Å². The second-order valence-corrected chi connectivity index (χ2v) is 6.16. The summed E-state index contributed by atoms with van der Waals surface area (Å²) in [6, 6.07) is 3.88. The maximum absolute atomic E-state index is 13.6. The molecule has 0 bridgehead atoms. The van der Waals surface area contributed by atoms with Crippen LogP contribution >= 0.6 is 0 Å². The molecule has 0 saturated carbocycles. The van der Waals surface area contributed by atoms with Crippen LogP contribution in [0.3, 0.4) is 0 Å². The predicted molar refractivity (Wildman–Crippen MR) is 72.8 cm³/mol. The van der Waals surface area contributed by atoms with Gasteiger partial charge in [-0.2, -0.15) is 5.10 Å². The summed E-state index contributed by atoms with van der Waals surface area (Å²) in [5, 5.41) is 3.93. The quantitative estimate of drug-likeness (QED) is 0.822. The summed E-state index contributed by atoms with van der Waals surface area (Å²) in [4.78, 5) is -0.194. The molecule has 0 fully saturated rings. The lowest BCUT2D eigenvalue weighted by Gasteiger charge is -2.09. The fraction of sp³-hybridized carbons (Fsp3) is 0.250. The van der Waals surface area contributed by atoms with Crippen molar-refractivity contribution in [2.75, 3.05) is 5.73 Å². The van der Waals surface area contributed by atoms with Crippen LogP contribution in [-0.4, -0.2) is 18.2 Å². The van der Waals surface area contributed by atoms with E-state index in [0.717, 1.165) is 6.07 Å². The average molecular weight is 298 g/mol. The lowest BCUT2D eigenvalue weighted by atomic mass is 10.2. The number of nitrogens with zero attached hydrogens (tertiary/aromatic N) is 2. The van der Waals surface area contributed by atoms with E-state index in [4.69, 9.17) is 5.73 Å². The number of anilines is 1. The molecule has 1 aromatic heterocycles. The van der Waals surface area contributed by atoms with E-state index >= 15 is 0 Å². The summed E-state index contributed by atoms with van der Waals surface area (Å²) >= 11 is 0. The zero-order valence-corrected chi connectivity index (χ0v) is 11.9. The number of aryl methyl sites for hydroxylation is 1. The van der Waals surface area contributed by atoms with Gasteiger partial charge in [0, 0.05) is 24.5 Å². The number of nitrogens with one attached hydrogen (secondary N) is 1. The number of hydrogen-bond acceptors (Lipinski definition) is 4. The largest absolute Gasteiger partial charge is 0.398 e. The van der Waals surface area contributed by atoms with Crippen molar-refractivity contribution in [3.05, 3.63) is 41.5 Å². The maximum atomic E-state index is 13.6. The highest BCUT2D eigenvalue weighted by Crippen LogP contribution is 2.20. The SMILES string of the molecule is Cc1c(N)cc(S(=O)(=O)NCc2ccnn2C)cc1F. The molecule has 0 saturated heterocycles. The summed E-state index contributed by atoms with van der Waals surface area (Å²) < 4.78 is 41.7. The molecule has 2 aromatic rings. The smallest absolute Gasteiger partial charge is 0.241 e. The molecule has 1 heterocycles. The first-order chi connectivity index (χ1) is 9.31. The van der Waals surface area contributed by atoms with Gasteiger partial charge in [0.25, 0.3) is 0 Å². The number of halogens is 1. The summed E-state index contributed by atoms with van der Waals surface area (Å²) in [5.74, 6) is -0.647. The van der Waals surface area contributed by atoms with Crippen LogP contribution in [0.5, 0.6) is 0 Å². The van der Waals surface area contributed by atoms with Crippen LogP contribution in [0.2, 0.25) is 0 Å². The Hall–Kier alpha value is -1.93. The van der Waals surface area contributed by atoms with Gasteiger partial charge in [-0.05, 0) is 25.1 Å². The molecule has 2 rings (SSSR count). The van der Waals surface area contributed by atoms with Crippen LogP contribution in [0.1, 0.15) is 11.3 Å². The van der Waals surface area contributed by atoms with Crippen LogP contribution in [0.25, 0.3) is 0 Å². The Kier molecular flexibility index (Phi) is 3.78. The lowest BCUT2D eigenvalue weighted by Crippen LogP contribution is -2.24. The molecule has 6 nitrogen and oxygen atoms in total. The Morgan fingerprint density at radius 3 is 2.70 bits per heavy atom. The van der Waals surface area contributed by atoms with E-state index < -0.39 is 15.8 Å². The standard InChI is InChI=1S/C12H15FN4O2S/c1-8-11(13)5-10(6-12(8)14)20(18,19)16-7-9-3-4-15-17(9)2/h3-6,16H,7,14H2,1-2H3. The van der Waals surface area contributed by atoms with E-state index in [2.05, 4.69) is 9.82 Å². The minimum atomic E-state index is -3.83. The Morgan fingerprint density at radius 2 is 2.15 bits per heavy atom. The Morgan fingerprint density at radius 1 is 1.45 bits per heavy atom. The Bertz CT molecular complexity index is 717. The minimum Gasteiger partial charge on any atom is -0.398 e. The fourth-order valence-electron chi connectivity index (χ4n) is 1.66. The predicted octanol–water partition coefficient (Wildman–Crippen LogP) is 0.928. The lowest BCUT2D eigenvalue weighted by molar-refractivity contribution is 0.573. The second kappa shape index (κ2) is 5.22. The number of nitrogens with two attached hydrogens (primary N) is 1. The molecule has 3 N–H and O–H groups in total. The zero-order valence-electron chi connectivity index (χ0n) is 11.1. The Labute approximate surface area is 116 Å². The van der Waals surface area contributed by atoms with E-state index in [1.807, 2.05) is 0 Å². The number of rotatable bonds is 4. The number of benzene rings is 1. The molecular weight excluding hydrogens is 283 g/mol. The molecule has 0 aliphatic carbocycles. The van der Waals surface area contributed by atoms with Crippen LogP contribution in [0, 0.1) is 12.7 Å². The number of aromatic nitrogens is 2. The first-order valence-corrected chi connectivity index (χ1v) is 7.32. The van der Waals surface area contributed by atoms with Crippen molar-refractivity contribution in [3.63, 3.8) is 0 Å². The first kappa shape index (κ1) is 14.5. The van der Waals surface area contributed by atoms with Crippen molar-refractivity contribution in [3.8, 4) is 0 Å². The molecule has 8 heteroatoms. The highest BCUT2D eigenvalue weighted by molar-refractivity contribution is 7.89. The summed E-state index contributed by atoms with van der Waals surface area (Å²) in [5.41, 5.74) is 6.61. The molecule has 0 atom stereocenters. The third-order valence-electron chi connectivity index (χ3n) is 3.03. The number of sulfonamides is 1. The number of nitrogen functional groups attached to an aromatic ring is 1. The first-order valence-electron chi connectivity index (χ1n) is 5.83. The van der Waals surface area contributed by atoms with Crippen molar-refractivity contribution in [2.24, 2.45) is 7.05 Å². The maximum Gasteiger partial charge on any atom is 0.241 e.